The highest BCUT2D eigenvalue weighted by Gasteiger charge is 2.39. The number of carbonyl (C=O) groups is 1. The van der Waals surface area contributed by atoms with Crippen molar-refractivity contribution >= 4 is 5.91 Å². The summed E-state index contributed by atoms with van der Waals surface area (Å²) < 4.78 is 0. The molecule has 1 amide bonds. The maximum Gasteiger partial charge on any atom is 0.228 e. The number of carbonyl (C=O) groups excluding carboxylic acids is 1. The van der Waals surface area contributed by atoms with Gasteiger partial charge in [0, 0.05) is 37.1 Å². The highest BCUT2D eigenvalue weighted by atomic mass is 16.2. The molecule has 110 valence electrons. The van der Waals surface area contributed by atoms with Gasteiger partial charge in [-0.25, -0.2) is 0 Å². The van der Waals surface area contributed by atoms with Crippen LogP contribution in [0.25, 0.3) is 0 Å². The molecule has 1 N–H and O–H groups in total. The molecule has 0 spiro atoms. The molecule has 2 aliphatic rings. The molecular formula is C15H29N3O. The van der Waals surface area contributed by atoms with E-state index in [2.05, 4.69) is 42.8 Å². The molecular weight excluding hydrogens is 238 g/mol. The van der Waals surface area contributed by atoms with E-state index in [9.17, 15) is 4.79 Å². The molecule has 0 bridgehead atoms. The zero-order chi connectivity index (χ0) is 14.1. The van der Waals surface area contributed by atoms with E-state index in [-0.39, 0.29) is 11.0 Å². The van der Waals surface area contributed by atoms with Crippen LogP contribution >= 0.6 is 0 Å². The van der Waals surface area contributed by atoms with Crippen molar-refractivity contribution in [3.63, 3.8) is 0 Å². The zero-order valence-corrected chi connectivity index (χ0v) is 13.0. The summed E-state index contributed by atoms with van der Waals surface area (Å²) in [5.41, 5.74) is 0.0863. The molecule has 0 atom stereocenters. The largest absolute Gasteiger partial charge is 0.340 e. The summed E-state index contributed by atoms with van der Waals surface area (Å²) in [7, 11) is 0. The standard InChI is InChI=1S/C15H29N3O/c1-14(2,3)18-11-9-17(10-12-18)13(19)15(4)5-7-16-8-6-15/h16H,5-12H2,1-4H3. The van der Waals surface area contributed by atoms with Gasteiger partial charge in [0.1, 0.15) is 0 Å². The summed E-state index contributed by atoms with van der Waals surface area (Å²) in [4.78, 5) is 17.3. The van der Waals surface area contributed by atoms with Crippen molar-refractivity contribution in [1.29, 1.82) is 0 Å². The topological polar surface area (TPSA) is 35.6 Å². The third kappa shape index (κ3) is 3.29. The Morgan fingerprint density at radius 1 is 1.05 bits per heavy atom. The number of piperazine rings is 1. The van der Waals surface area contributed by atoms with Crippen molar-refractivity contribution in [3.8, 4) is 0 Å². The second-order valence-electron chi connectivity index (χ2n) is 7.26. The second kappa shape index (κ2) is 5.41. The Morgan fingerprint density at radius 2 is 1.58 bits per heavy atom. The first-order chi connectivity index (χ1) is 8.83. The highest BCUT2D eigenvalue weighted by molar-refractivity contribution is 5.82. The average molecular weight is 267 g/mol. The summed E-state index contributed by atoms with van der Waals surface area (Å²) in [5, 5.41) is 3.35. The Kier molecular flexibility index (Phi) is 4.21. The minimum atomic E-state index is -0.130. The number of hydrogen-bond donors (Lipinski definition) is 1. The normalized spacial score (nSPS) is 25.4. The molecule has 0 radical (unpaired) electrons. The zero-order valence-electron chi connectivity index (χ0n) is 13.0. The van der Waals surface area contributed by atoms with E-state index in [0.29, 0.717) is 5.91 Å². The lowest BCUT2D eigenvalue weighted by Crippen LogP contribution is -2.57. The summed E-state index contributed by atoms with van der Waals surface area (Å²) >= 11 is 0. The molecule has 0 unspecified atom stereocenters. The van der Waals surface area contributed by atoms with Gasteiger partial charge >= 0.3 is 0 Å². The molecule has 0 aromatic rings. The van der Waals surface area contributed by atoms with Crippen LogP contribution in [0.3, 0.4) is 0 Å². The number of nitrogens with zero attached hydrogens (tertiary/aromatic N) is 2. The van der Waals surface area contributed by atoms with Crippen LogP contribution in [-0.2, 0) is 4.79 Å². The van der Waals surface area contributed by atoms with E-state index in [1.165, 1.54) is 0 Å². The molecule has 4 nitrogen and oxygen atoms in total. The van der Waals surface area contributed by atoms with E-state index in [1.54, 1.807) is 0 Å². The van der Waals surface area contributed by atoms with E-state index in [0.717, 1.165) is 52.1 Å². The quantitative estimate of drug-likeness (QED) is 0.778. The fourth-order valence-electron chi connectivity index (χ4n) is 3.15. The van der Waals surface area contributed by atoms with Crippen LogP contribution in [0.15, 0.2) is 0 Å². The van der Waals surface area contributed by atoms with Crippen molar-refractivity contribution in [2.45, 2.75) is 46.1 Å². The number of amides is 1. The molecule has 2 aliphatic heterocycles. The van der Waals surface area contributed by atoms with E-state index in [1.807, 2.05) is 0 Å². The first kappa shape index (κ1) is 14.8. The molecule has 0 aromatic heterocycles. The van der Waals surface area contributed by atoms with Crippen molar-refractivity contribution in [2.24, 2.45) is 5.41 Å². The Hall–Kier alpha value is -0.610. The maximum atomic E-state index is 12.7. The molecule has 4 heteroatoms. The fourth-order valence-corrected chi connectivity index (χ4v) is 3.15. The predicted octanol–water partition coefficient (Wildman–Crippen LogP) is 1.32. The van der Waals surface area contributed by atoms with Gasteiger partial charge in [0.05, 0.1) is 0 Å². The second-order valence-corrected chi connectivity index (χ2v) is 7.26. The number of hydrogen-bond acceptors (Lipinski definition) is 3. The van der Waals surface area contributed by atoms with Crippen LogP contribution in [0.4, 0.5) is 0 Å². The molecule has 2 fully saturated rings. The van der Waals surface area contributed by atoms with Gasteiger partial charge in [-0.05, 0) is 46.7 Å². The van der Waals surface area contributed by atoms with Crippen LogP contribution in [0.1, 0.15) is 40.5 Å². The minimum Gasteiger partial charge on any atom is -0.340 e. The minimum absolute atomic E-state index is 0.130. The molecule has 2 rings (SSSR count). The lowest BCUT2D eigenvalue weighted by Gasteiger charge is -2.45. The summed E-state index contributed by atoms with van der Waals surface area (Å²) in [5.74, 6) is 0.377. The maximum absolute atomic E-state index is 12.7. The number of piperidine rings is 1. The van der Waals surface area contributed by atoms with E-state index in [4.69, 9.17) is 0 Å². The van der Waals surface area contributed by atoms with E-state index >= 15 is 0 Å². The third-order valence-corrected chi connectivity index (χ3v) is 4.74. The fraction of sp³-hybridized carbons (Fsp3) is 0.933. The van der Waals surface area contributed by atoms with Gasteiger partial charge in [-0.15, -0.1) is 0 Å². The van der Waals surface area contributed by atoms with Gasteiger partial charge in [-0.3, -0.25) is 9.69 Å². The Balaban J connectivity index is 1.92. The smallest absolute Gasteiger partial charge is 0.228 e. The summed E-state index contributed by atoms with van der Waals surface area (Å²) in [6.45, 7) is 14.6. The van der Waals surface area contributed by atoms with Crippen LogP contribution in [0.2, 0.25) is 0 Å². The molecule has 2 saturated heterocycles. The summed E-state index contributed by atoms with van der Waals surface area (Å²) in [6.07, 6.45) is 1.95. The lowest BCUT2D eigenvalue weighted by atomic mass is 9.79. The Morgan fingerprint density at radius 3 is 2.05 bits per heavy atom. The molecule has 19 heavy (non-hydrogen) atoms. The van der Waals surface area contributed by atoms with Crippen molar-refractivity contribution in [3.05, 3.63) is 0 Å². The monoisotopic (exact) mass is 267 g/mol. The SMILES string of the molecule is CC1(C(=O)N2CCN(C(C)(C)C)CC2)CCNCC1. The lowest BCUT2D eigenvalue weighted by molar-refractivity contribution is -0.145. The summed E-state index contributed by atoms with van der Waals surface area (Å²) in [6, 6.07) is 0. The van der Waals surface area contributed by atoms with Gasteiger partial charge in [0.2, 0.25) is 5.91 Å². The van der Waals surface area contributed by atoms with Crippen LogP contribution < -0.4 is 5.32 Å². The molecule has 0 aromatic carbocycles. The average Bonchev–Trinajstić information content (AvgIpc) is 2.38. The molecule has 0 aliphatic carbocycles. The van der Waals surface area contributed by atoms with Crippen LogP contribution in [0, 0.1) is 5.41 Å². The molecule has 0 saturated carbocycles. The Labute approximate surface area is 117 Å². The van der Waals surface area contributed by atoms with Gasteiger partial charge in [0.25, 0.3) is 0 Å². The number of nitrogens with one attached hydrogen (secondary N) is 1. The first-order valence-corrected chi connectivity index (χ1v) is 7.58. The predicted molar refractivity (Wildman–Crippen MR) is 78.1 cm³/mol. The van der Waals surface area contributed by atoms with Crippen molar-refractivity contribution in [1.82, 2.24) is 15.1 Å². The van der Waals surface area contributed by atoms with Crippen LogP contribution in [-0.4, -0.2) is 60.5 Å². The van der Waals surface area contributed by atoms with E-state index < -0.39 is 0 Å². The Bertz CT molecular complexity index is 321. The highest BCUT2D eigenvalue weighted by Crippen LogP contribution is 2.31. The number of rotatable bonds is 1. The van der Waals surface area contributed by atoms with Gasteiger partial charge in [-0.1, -0.05) is 6.92 Å². The third-order valence-electron chi connectivity index (χ3n) is 4.74. The van der Waals surface area contributed by atoms with Gasteiger partial charge in [0.15, 0.2) is 0 Å². The molecule has 2 heterocycles. The van der Waals surface area contributed by atoms with Gasteiger partial charge in [-0.2, -0.15) is 0 Å². The first-order valence-electron chi connectivity index (χ1n) is 7.58. The van der Waals surface area contributed by atoms with Crippen molar-refractivity contribution in [2.75, 3.05) is 39.3 Å². The van der Waals surface area contributed by atoms with Crippen LogP contribution in [0.5, 0.6) is 0 Å². The van der Waals surface area contributed by atoms with Gasteiger partial charge < -0.3 is 10.2 Å². The van der Waals surface area contributed by atoms with Crippen molar-refractivity contribution < 1.29 is 4.79 Å².